The molecule has 2 saturated carbocycles. The Labute approximate surface area is 147 Å². The van der Waals surface area contributed by atoms with Crippen molar-refractivity contribution < 1.29 is 0 Å². The van der Waals surface area contributed by atoms with E-state index in [0.717, 1.165) is 32.1 Å². The molecule has 1 N–H and O–H groups in total. The van der Waals surface area contributed by atoms with Crippen LogP contribution in [0.25, 0.3) is 10.9 Å². The lowest BCUT2D eigenvalue weighted by Crippen LogP contribution is -2.31. The van der Waals surface area contributed by atoms with Crippen LogP contribution in [0.4, 0.5) is 0 Å². The summed E-state index contributed by atoms with van der Waals surface area (Å²) in [6, 6.07) is 4.47. The first kappa shape index (κ1) is 13.8. The molecule has 0 amide bonds. The number of hydrogen-bond donors (Lipinski definition) is 1. The fourth-order valence-electron chi connectivity index (χ4n) is 5.19. The van der Waals surface area contributed by atoms with E-state index in [-0.39, 0.29) is 0 Å². The summed E-state index contributed by atoms with van der Waals surface area (Å²) < 4.78 is 3.33. The molecule has 2 atom stereocenters. The average Bonchev–Trinajstić information content (AvgIpc) is 2.60. The Kier molecular flexibility index (Phi) is 2.94. The third-order valence-corrected chi connectivity index (χ3v) is 6.76. The van der Waals surface area contributed by atoms with Gasteiger partial charge in [-0.15, -0.1) is 0 Å². The van der Waals surface area contributed by atoms with Crippen molar-refractivity contribution in [1.82, 2.24) is 9.55 Å². The molecule has 0 saturated heterocycles. The molecule has 4 bridgehead atoms. The van der Waals surface area contributed by atoms with Crippen molar-refractivity contribution >= 4 is 45.1 Å². The van der Waals surface area contributed by atoms with E-state index in [1.54, 1.807) is 0 Å². The molecule has 3 heterocycles. The molecular weight excluding hydrogens is 409 g/mol. The predicted molar refractivity (Wildman–Crippen MR) is 95.2 cm³/mol. The summed E-state index contributed by atoms with van der Waals surface area (Å²) in [5.41, 5.74) is 1.48. The molecule has 6 rings (SSSR count). The van der Waals surface area contributed by atoms with Gasteiger partial charge in [-0.25, -0.2) is 4.98 Å². The number of hydrogen-bond acceptors (Lipinski definition) is 2. The van der Waals surface area contributed by atoms with Crippen molar-refractivity contribution in [1.29, 1.82) is 5.41 Å². The Morgan fingerprint density at radius 2 is 1.86 bits per heavy atom. The van der Waals surface area contributed by atoms with Crippen LogP contribution in [0.5, 0.6) is 0 Å². The fraction of sp³-hybridized carbons (Fsp3) is 0.529. The molecule has 5 heteroatoms. The van der Waals surface area contributed by atoms with Gasteiger partial charge in [-0.3, -0.25) is 5.41 Å². The monoisotopic (exact) mass is 425 g/mol. The van der Waals surface area contributed by atoms with Crippen LogP contribution in [0.3, 0.4) is 0 Å². The van der Waals surface area contributed by atoms with Crippen molar-refractivity contribution in [2.45, 2.75) is 44.1 Å². The topological polar surface area (TPSA) is 41.7 Å². The van der Waals surface area contributed by atoms with E-state index in [4.69, 9.17) is 22.0 Å². The highest BCUT2D eigenvalue weighted by Crippen LogP contribution is 2.52. The Morgan fingerprint density at radius 1 is 1.14 bits per heavy atom. The summed E-state index contributed by atoms with van der Waals surface area (Å²) in [6.45, 7) is 0. The van der Waals surface area contributed by atoms with E-state index in [1.165, 1.54) is 32.1 Å². The maximum atomic E-state index is 8.79. The van der Waals surface area contributed by atoms with Crippen molar-refractivity contribution in [3.63, 3.8) is 0 Å². The number of fused-ring (bicyclic) bond motifs is 1. The largest absolute Gasteiger partial charge is 0.311 e. The molecule has 1 aromatic heterocycles. The van der Waals surface area contributed by atoms with Crippen LogP contribution in [-0.4, -0.2) is 9.55 Å². The number of nitrogens with zero attached hydrogens (tertiary/aromatic N) is 2. The normalized spacial score (nSPS) is 32.3. The van der Waals surface area contributed by atoms with Gasteiger partial charge in [0.2, 0.25) is 0 Å². The van der Waals surface area contributed by atoms with Gasteiger partial charge in [-0.1, -0.05) is 11.6 Å². The summed E-state index contributed by atoms with van der Waals surface area (Å²) in [6.07, 6.45) is 6.38. The highest BCUT2D eigenvalue weighted by molar-refractivity contribution is 14.1. The van der Waals surface area contributed by atoms with Crippen LogP contribution in [-0.2, 0) is 0 Å². The van der Waals surface area contributed by atoms with Crippen LogP contribution < -0.4 is 5.49 Å². The second-order valence-electron chi connectivity index (χ2n) is 7.23. The van der Waals surface area contributed by atoms with Gasteiger partial charge in [-0.05, 0) is 78.7 Å². The molecule has 114 valence electrons. The predicted octanol–water partition coefficient (Wildman–Crippen LogP) is 4.62. The van der Waals surface area contributed by atoms with Crippen LogP contribution in [0.15, 0.2) is 12.1 Å². The van der Waals surface area contributed by atoms with E-state index in [9.17, 15) is 0 Å². The minimum atomic E-state index is 0.464. The first-order chi connectivity index (χ1) is 10.6. The molecule has 0 spiro atoms. The zero-order valence-corrected chi connectivity index (χ0v) is 15.1. The van der Waals surface area contributed by atoms with Crippen LogP contribution in [0.1, 0.15) is 49.9 Å². The Hall–Kier alpha value is -0.620. The molecule has 2 aliphatic heterocycles. The van der Waals surface area contributed by atoms with Gasteiger partial charge in [0.05, 0.1) is 15.9 Å². The molecule has 2 fully saturated rings. The Balaban J connectivity index is 1.87. The van der Waals surface area contributed by atoms with E-state index in [2.05, 4.69) is 33.2 Å². The SMILES string of the molecule is N=c1c2c(Cl)cc(I)cc2nc2n1C1CC3CC(CC2C3)C1. The Morgan fingerprint density at radius 3 is 2.59 bits per heavy atom. The summed E-state index contributed by atoms with van der Waals surface area (Å²) >= 11 is 8.73. The molecule has 2 aromatic rings. The van der Waals surface area contributed by atoms with Gasteiger partial charge in [0.25, 0.3) is 0 Å². The van der Waals surface area contributed by atoms with E-state index < -0.39 is 0 Å². The lowest BCUT2D eigenvalue weighted by molar-refractivity contribution is 0.150. The molecular formula is C17H17ClIN3. The minimum absolute atomic E-state index is 0.464. The van der Waals surface area contributed by atoms with Crippen molar-refractivity contribution in [2.75, 3.05) is 0 Å². The van der Waals surface area contributed by atoms with Gasteiger partial charge in [0.15, 0.2) is 0 Å². The van der Waals surface area contributed by atoms with Gasteiger partial charge >= 0.3 is 0 Å². The minimum Gasteiger partial charge on any atom is -0.311 e. The number of halogens is 2. The van der Waals surface area contributed by atoms with E-state index >= 15 is 0 Å². The molecule has 4 aliphatic rings. The maximum absolute atomic E-state index is 8.79. The van der Waals surface area contributed by atoms with E-state index in [1.807, 2.05) is 6.07 Å². The van der Waals surface area contributed by atoms with Gasteiger partial charge in [-0.2, -0.15) is 0 Å². The first-order valence-electron chi connectivity index (χ1n) is 8.06. The quantitative estimate of drug-likeness (QED) is 0.615. The lowest BCUT2D eigenvalue weighted by Gasteiger charge is -2.37. The highest BCUT2D eigenvalue weighted by atomic mass is 127. The van der Waals surface area contributed by atoms with Gasteiger partial charge < -0.3 is 4.57 Å². The van der Waals surface area contributed by atoms with Crippen molar-refractivity contribution in [3.05, 3.63) is 32.0 Å². The van der Waals surface area contributed by atoms with E-state index in [0.29, 0.717) is 22.5 Å². The lowest BCUT2D eigenvalue weighted by atomic mass is 9.68. The summed E-state index contributed by atoms with van der Waals surface area (Å²) in [5.74, 6) is 3.37. The average molecular weight is 426 g/mol. The second-order valence-corrected chi connectivity index (χ2v) is 8.88. The smallest absolute Gasteiger partial charge is 0.137 e. The van der Waals surface area contributed by atoms with Gasteiger partial charge in [0, 0.05) is 15.5 Å². The number of rotatable bonds is 0. The number of aromatic nitrogens is 2. The molecule has 3 nitrogen and oxygen atoms in total. The fourth-order valence-corrected chi connectivity index (χ4v) is 6.28. The summed E-state index contributed by atoms with van der Waals surface area (Å²) in [7, 11) is 0. The first-order valence-corrected chi connectivity index (χ1v) is 9.51. The number of nitrogens with one attached hydrogen (secondary N) is 1. The standard InChI is InChI=1S/C17H17ClIN3/c18-13-6-11(19)7-14-15(13)16(20)22-12-4-8-1-9(5-12)3-10(2-8)17(22)21-14/h6-10,12,20H,1-5H2. The van der Waals surface area contributed by atoms with Crippen LogP contribution >= 0.6 is 34.2 Å². The summed E-state index contributed by atoms with van der Waals surface area (Å²) in [4.78, 5) is 5.01. The maximum Gasteiger partial charge on any atom is 0.137 e. The highest BCUT2D eigenvalue weighted by Gasteiger charge is 2.43. The Bertz CT molecular complexity index is 845. The zero-order valence-electron chi connectivity index (χ0n) is 12.1. The van der Waals surface area contributed by atoms with Gasteiger partial charge in [0.1, 0.15) is 11.3 Å². The molecule has 22 heavy (non-hydrogen) atoms. The van der Waals surface area contributed by atoms with Crippen LogP contribution in [0, 0.1) is 20.8 Å². The third-order valence-electron chi connectivity index (χ3n) is 5.84. The summed E-state index contributed by atoms with van der Waals surface area (Å²) in [5, 5.41) is 10.3. The van der Waals surface area contributed by atoms with Crippen molar-refractivity contribution in [2.24, 2.45) is 11.8 Å². The van der Waals surface area contributed by atoms with Crippen LogP contribution in [0.2, 0.25) is 5.02 Å². The molecule has 0 radical (unpaired) electrons. The zero-order chi connectivity index (χ0) is 15.0. The molecule has 2 unspecified atom stereocenters. The molecule has 2 aliphatic carbocycles. The third kappa shape index (κ3) is 1.86. The van der Waals surface area contributed by atoms with Crippen molar-refractivity contribution in [3.8, 4) is 0 Å². The molecule has 1 aromatic carbocycles. The second kappa shape index (κ2) is 4.69. The number of benzene rings is 1.